The van der Waals surface area contributed by atoms with Crippen molar-refractivity contribution in [3.63, 3.8) is 0 Å². The molecule has 0 aromatic rings. The molecule has 172 valence electrons. The van der Waals surface area contributed by atoms with Crippen LogP contribution < -0.4 is 20.1 Å². The average molecular weight is 471 g/mol. The van der Waals surface area contributed by atoms with Gasteiger partial charge in [0.05, 0.1) is 0 Å². The largest absolute Gasteiger partial charge is 0.332 e. The van der Waals surface area contributed by atoms with Crippen LogP contribution in [0, 0.1) is 0 Å². The Bertz CT molecular complexity index is 972. The van der Waals surface area contributed by atoms with E-state index < -0.39 is 48.6 Å². The molecule has 0 spiro atoms. The molecule has 3 rings (SSSR count). The molecule has 1 unspecified atom stereocenters. The number of likely N-dealkylation sites (N-methyl/N-ethyl adjacent to an activating group) is 1. The highest BCUT2D eigenvalue weighted by Crippen LogP contribution is 2.24. The second-order valence-electron chi connectivity index (χ2n) is 7.56. The van der Waals surface area contributed by atoms with E-state index in [0.717, 1.165) is 9.21 Å². The fourth-order valence-corrected chi connectivity index (χ4v) is 4.37. The predicted octanol–water partition coefficient (Wildman–Crippen LogP) is -2.01. The van der Waals surface area contributed by atoms with Crippen molar-refractivity contribution in [2.24, 2.45) is 0 Å². The maximum atomic E-state index is 11.1. The number of imide groups is 1. The van der Waals surface area contributed by atoms with Crippen LogP contribution in [-0.4, -0.2) is 80.5 Å². The molecule has 30 heavy (non-hydrogen) atoms. The third-order valence-corrected chi connectivity index (χ3v) is 8.55. The van der Waals surface area contributed by atoms with Crippen molar-refractivity contribution >= 4 is 44.1 Å². The van der Waals surface area contributed by atoms with Crippen molar-refractivity contribution in [3.05, 3.63) is 0 Å². The number of urea groups is 2. The van der Waals surface area contributed by atoms with Crippen LogP contribution in [0.4, 0.5) is 9.59 Å². The highest BCUT2D eigenvalue weighted by atomic mass is 32.2. The van der Waals surface area contributed by atoms with E-state index in [4.69, 9.17) is 0 Å². The quantitative estimate of drug-likeness (QED) is 0.292. The summed E-state index contributed by atoms with van der Waals surface area (Å²) in [5.41, 5.74) is -0.959. The molecule has 16 heteroatoms. The van der Waals surface area contributed by atoms with Gasteiger partial charge in [0.2, 0.25) is 5.91 Å². The lowest BCUT2D eigenvalue weighted by Gasteiger charge is -2.22. The highest BCUT2D eigenvalue weighted by molar-refractivity contribution is 7.91. The number of sulfonamides is 1. The van der Waals surface area contributed by atoms with Gasteiger partial charge in [-0.15, -0.1) is 0 Å². The third kappa shape index (κ3) is 4.81. The Kier molecular flexibility index (Phi) is 6.81. The van der Waals surface area contributed by atoms with Gasteiger partial charge >= 0.3 is 22.3 Å². The summed E-state index contributed by atoms with van der Waals surface area (Å²) in [5, 5.41) is 4.44. The number of amides is 6. The first-order valence-corrected chi connectivity index (χ1v) is 11.4. The van der Waals surface area contributed by atoms with Gasteiger partial charge in [-0.25, -0.2) is 27.5 Å². The van der Waals surface area contributed by atoms with E-state index in [1.54, 1.807) is 20.8 Å². The molecule has 3 aliphatic rings. The first-order chi connectivity index (χ1) is 13.3. The lowest BCUT2D eigenvalue weighted by molar-refractivity contribution is -0.124. The van der Waals surface area contributed by atoms with Crippen LogP contribution >= 0.6 is 0 Å². The van der Waals surface area contributed by atoms with E-state index in [-0.39, 0.29) is 11.9 Å². The number of hydrogen-bond donors (Lipinski definition) is 4. The molecular weight excluding hydrogens is 444 g/mol. The van der Waals surface area contributed by atoms with Crippen LogP contribution in [0.25, 0.3) is 0 Å². The molecule has 0 aromatic carbocycles. The van der Waals surface area contributed by atoms with E-state index in [1.807, 2.05) is 9.44 Å². The topological polar surface area (TPSA) is 191 Å². The summed E-state index contributed by atoms with van der Waals surface area (Å²) >= 11 is 0. The van der Waals surface area contributed by atoms with E-state index >= 15 is 0 Å². The minimum absolute atomic E-state index is 0.255. The summed E-state index contributed by atoms with van der Waals surface area (Å²) < 4.78 is 49.0. The molecule has 3 heterocycles. The first-order valence-electron chi connectivity index (χ1n) is 8.50. The Balaban J connectivity index is 0.000000228. The molecule has 0 bridgehead atoms. The van der Waals surface area contributed by atoms with Gasteiger partial charge in [0, 0.05) is 14.1 Å². The molecule has 0 radical (unpaired) electrons. The summed E-state index contributed by atoms with van der Waals surface area (Å²) in [6.45, 7) is 7.67. The maximum absolute atomic E-state index is 11.1. The summed E-state index contributed by atoms with van der Waals surface area (Å²) in [4.78, 5) is 42.5. The van der Waals surface area contributed by atoms with Gasteiger partial charge in [-0.3, -0.25) is 14.9 Å². The minimum atomic E-state index is -3.55. The van der Waals surface area contributed by atoms with Gasteiger partial charge in [0.15, 0.2) is 4.87 Å². The number of hydrogen-bond acceptors (Lipinski definition) is 8. The molecule has 4 N–H and O–H groups in total. The van der Waals surface area contributed by atoms with Crippen LogP contribution in [0.5, 0.6) is 0 Å². The summed E-state index contributed by atoms with van der Waals surface area (Å²) in [5.74, 6) is -0.741. The zero-order chi connectivity index (χ0) is 23.9. The monoisotopic (exact) mass is 470 g/mol. The van der Waals surface area contributed by atoms with E-state index in [0.29, 0.717) is 0 Å². The van der Waals surface area contributed by atoms with E-state index in [1.165, 1.54) is 27.9 Å². The van der Waals surface area contributed by atoms with Crippen molar-refractivity contribution in [2.75, 3.05) is 14.1 Å². The summed E-state index contributed by atoms with van der Waals surface area (Å²) in [6.07, 6.45) is 0. The van der Waals surface area contributed by atoms with Crippen molar-refractivity contribution in [3.8, 4) is 0 Å². The Morgan fingerprint density at radius 1 is 0.900 bits per heavy atom. The average Bonchev–Trinajstić information content (AvgIpc) is 3.00. The summed E-state index contributed by atoms with van der Waals surface area (Å²) in [7, 11) is -4.23. The van der Waals surface area contributed by atoms with Gasteiger partial charge in [-0.05, 0) is 34.6 Å². The van der Waals surface area contributed by atoms with Gasteiger partial charge in [0.1, 0.15) is 11.6 Å². The van der Waals surface area contributed by atoms with Crippen LogP contribution in [0.2, 0.25) is 0 Å². The fraction of sp³-hybridized carbons (Fsp3) is 0.714. The number of nitrogens with zero attached hydrogens (tertiary/aromatic N) is 2. The van der Waals surface area contributed by atoms with Crippen molar-refractivity contribution < 1.29 is 36.0 Å². The number of nitrogens with one attached hydrogen (secondary N) is 4. The van der Waals surface area contributed by atoms with Gasteiger partial charge in [-0.2, -0.15) is 12.7 Å². The first kappa shape index (κ1) is 25.6. The third-order valence-electron chi connectivity index (χ3n) is 4.89. The number of carbonyl (C=O) groups is 4. The van der Waals surface area contributed by atoms with Crippen molar-refractivity contribution in [1.29, 1.82) is 0 Å². The highest BCUT2D eigenvalue weighted by Gasteiger charge is 2.49. The molecular formula is C14H26N6O8S2. The molecule has 1 atom stereocenters. The lowest BCUT2D eigenvalue weighted by atomic mass is 10.1. The van der Waals surface area contributed by atoms with Crippen LogP contribution in [0.15, 0.2) is 0 Å². The lowest BCUT2D eigenvalue weighted by Crippen LogP contribution is -2.41. The predicted molar refractivity (Wildman–Crippen MR) is 104 cm³/mol. The van der Waals surface area contributed by atoms with Gasteiger partial charge in [-0.1, -0.05) is 0 Å². The molecule has 3 saturated heterocycles. The maximum Gasteiger partial charge on any atom is 0.332 e. The van der Waals surface area contributed by atoms with Gasteiger partial charge < -0.3 is 10.2 Å². The van der Waals surface area contributed by atoms with Crippen LogP contribution in [-0.2, 0) is 29.8 Å². The van der Waals surface area contributed by atoms with Crippen molar-refractivity contribution in [2.45, 2.75) is 51.1 Å². The Hall–Kier alpha value is -2.46. The molecule has 6 amide bonds. The molecule has 0 aromatic heterocycles. The van der Waals surface area contributed by atoms with Crippen LogP contribution in [0.3, 0.4) is 0 Å². The number of carbonyl (C=O) groups excluding carboxylic acids is 4. The van der Waals surface area contributed by atoms with Crippen LogP contribution in [0.1, 0.15) is 34.6 Å². The fourth-order valence-electron chi connectivity index (χ4n) is 2.01. The summed E-state index contributed by atoms with van der Waals surface area (Å²) in [6, 6.07) is -1.33. The minimum Gasteiger partial charge on any atom is -0.326 e. The normalized spacial score (nSPS) is 27.6. The van der Waals surface area contributed by atoms with Crippen molar-refractivity contribution in [1.82, 2.24) is 29.3 Å². The standard InChI is InChI=1S/2C5H10N2O3S.C4H6N2O2/c1-5(2)7(3)4(8)6-11(5,9)10;1-5(2)4(8)6-11(9,10)7(5)3;1-2-3(7)6-4(8)5-2/h2*1-3H3,(H,6,8);2H,1H3,(H2,5,6,7,8). The molecule has 14 nitrogen and oxygen atoms in total. The number of rotatable bonds is 0. The zero-order valence-corrected chi connectivity index (χ0v) is 19.2. The second-order valence-corrected chi connectivity index (χ2v) is 11.5. The Morgan fingerprint density at radius 3 is 1.50 bits per heavy atom. The molecule has 3 fully saturated rings. The van der Waals surface area contributed by atoms with E-state index in [9.17, 15) is 36.0 Å². The van der Waals surface area contributed by atoms with Gasteiger partial charge in [0.25, 0.3) is 15.9 Å². The Labute approximate surface area is 174 Å². The molecule has 3 aliphatic heterocycles. The smallest absolute Gasteiger partial charge is 0.326 e. The molecule has 0 aliphatic carbocycles. The SMILES string of the molecule is CC1NC(=O)NC1=O.CN1C(=O)NS(=O)(=O)C1(C)C.CN1C(C)(C)C(=O)NS1(=O)=O. The molecule has 0 saturated carbocycles. The Morgan fingerprint density at radius 2 is 1.40 bits per heavy atom. The second kappa shape index (κ2) is 7.99. The van der Waals surface area contributed by atoms with E-state index in [2.05, 4.69) is 10.6 Å². The zero-order valence-electron chi connectivity index (χ0n) is 17.6.